The molecule has 0 spiro atoms. The van der Waals surface area contributed by atoms with Gasteiger partial charge in [0.15, 0.2) is 5.82 Å². The first-order valence-electron chi connectivity index (χ1n) is 14.5. The van der Waals surface area contributed by atoms with Crippen molar-refractivity contribution in [2.75, 3.05) is 43.1 Å². The highest BCUT2D eigenvalue weighted by Gasteiger charge is 2.32. The van der Waals surface area contributed by atoms with Crippen LogP contribution < -0.4 is 15.0 Å². The normalized spacial score (nSPS) is 15.1. The molecule has 0 bridgehead atoms. The molecule has 2 N–H and O–H groups in total. The zero-order chi connectivity index (χ0) is 30.6. The predicted molar refractivity (Wildman–Crippen MR) is 171 cm³/mol. The van der Waals surface area contributed by atoms with Crippen LogP contribution in [0.1, 0.15) is 25.3 Å². The first kappa shape index (κ1) is 29.6. The van der Waals surface area contributed by atoms with Gasteiger partial charge < -0.3 is 29.2 Å². The Morgan fingerprint density at radius 1 is 1.14 bits per heavy atom. The van der Waals surface area contributed by atoms with Crippen molar-refractivity contribution in [3.63, 3.8) is 0 Å². The van der Waals surface area contributed by atoms with E-state index in [9.17, 15) is 9.90 Å². The highest BCUT2D eigenvalue weighted by atomic mass is 79.9. The van der Waals surface area contributed by atoms with Gasteiger partial charge >= 0.3 is 6.09 Å². The number of carbonyl (C=O) groups excluding carboxylic acids is 1. The van der Waals surface area contributed by atoms with Crippen LogP contribution in [0.4, 0.5) is 22.1 Å². The second kappa shape index (κ2) is 13.0. The number of hydrogen-bond donors (Lipinski definition) is 2. The number of imidazole rings is 1. The molecule has 1 aliphatic rings. The number of aliphatic hydroxyl groups is 1. The number of halogens is 1. The van der Waals surface area contributed by atoms with Gasteiger partial charge in [0, 0.05) is 50.0 Å². The molecule has 1 atom stereocenters. The van der Waals surface area contributed by atoms with E-state index < -0.39 is 12.1 Å². The van der Waals surface area contributed by atoms with E-state index in [1.165, 1.54) is 6.33 Å². The Kier molecular flexibility index (Phi) is 8.75. The van der Waals surface area contributed by atoms with E-state index in [-0.39, 0.29) is 6.61 Å². The molecule has 5 aromatic rings. The van der Waals surface area contributed by atoms with Gasteiger partial charge in [0.1, 0.15) is 34.8 Å². The molecule has 1 amide bonds. The lowest BCUT2D eigenvalue weighted by Gasteiger charge is -2.40. The average molecular weight is 662 g/mol. The highest BCUT2D eigenvalue weighted by molar-refractivity contribution is 9.10. The zero-order valence-corrected chi connectivity index (χ0v) is 26.1. The van der Waals surface area contributed by atoms with Crippen LogP contribution in [0.2, 0.25) is 0 Å². The number of nitrogens with zero attached hydrogens (tertiary/aromatic N) is 7. The number of aliphatic hydroxyl groups excluding tert-OH is 1. The van der Waals surface area contributed by atoms with Crippen molar-refractivity contribution in [2.24, 2.45) is 0 Å². The second-order valence-corrected chi connectivity index (χ2v) is 11.4. The Balaban J connectivity index is 1.20. The highest BCUT2D eigenvalue weighted by Crippen LogP contribution is 2.33. The fourth-order valence-corrected chi connectivity index (χ4v) is 5.71. The maximum absolute atomic E-state index is 12.6. The number of fused-ring (bicyclic) bond motifs is 2. The summed E-state index contributed by atoms with van der Waals surface area (Å²) in [5, 5.41) is 13.5. The number of aryl methyl sites for hydroxylation is 1. The summed E-state index contributed by atoms with van der Waals surface area (Å²) in [4.78, 5) is 34.5. The van der Waals surface area contributed by atoms with E-state index in [2.05, 4.69) is 36.2 Å². The van der Waals surface area contributed by atoms with Crippen molar-refractivity contribution < 1.29 is 19.4 Å². The number of anilines is 3. The number of hydrogen-bond acceptors (Lipinski definition) is 10. The van der Waals surface area contributed by atoms with Gasteiger partial charge in [0.25, 0.3) is 0 Å². The van der Waals surface area contributed by atoms with Crippen molar-refractivity contribution in [3.05, 3.63) is 71.4 Å². The van der Waals surface area contributed by atoms with Gasteiger partial charge in [0.05, 0.1) is 29.2 Å². The fourth-order valence-electron chi connectivity index (χ4n) is 5.16. The maximum Gasteiger partial charge on any atom is 0.410 e. The van der Waals surface area contributed by atoms with Crippen LogP contribution in [0.3, 0.4) is 0 Å². The molecule has 12 nitrogen and oxygen atoms in total. The Morgan fingerprint density at radius 2 is 2.02 bits per heavy atom. The third kappa shape index (κ3) is 6.24. The molecular formula is C31H33BrN8O4. The van der Waals surface area contributed by atoms with Crippen LogP contribution in [0, 0.1) is 6.92 Å². The minimum atomic E-state index is -0.419. The summed E-state index contributed by atoms with van der Waals surface area (Å²) < 4.78 is 14.2. The molecule has 5 heterocycles. The molecule has 6 rings (SSSR count). The number of pyridine rings is 2. The van der Waals surface area contributed by atoms with Crippen LogP contribution >= 0.6 is 15.9 Å². The predicted octanol–water partition coefficient (Wildman–Crippen LogP) is 5.70. The monoisotopic (exact) mass is 660 g/mol. The molecule has 4 aromatic heterocycles. The first-order valence-corrected chi connectivity index (χ1v) is 15.3. The topological polar surface area (TPSA) is 130 Å². The Hall–Kier alpha value is -4.49. The summed E-state index contributed by atoms with van der Waals surface area (Å²) in [5.41, 5.74) is 3.83. The summed E-state index contributed by atoms with van der Waals surface area (Å²) in [6.07, 6.45) is 8.40. The van der Waals surface area contributed by atoms with Crippen LogP contribution in [0.25, 0.3) is 16.7 Å². The average Bonchev–Trinajstić information content (AvgIpc) is 3.50. The summed E-state index contributed by atoms with van der Waals surface area (Å²) in [7, 11) is 0. The Labute approximate surface area is 262 Å². The number of nitrogens with one attached hydrogen (secondary N) is 1. The number of ether oxygens (including phenoxy) is 2. The van der Waals surface area contributed by atoms with Gasteiger partial charge in [-0.1, -0.05) is 13.3 Å². The van der Waals surface area contributed by atoms with E-state index in [1.807, 2.05) is 71.9 Å². The van der Waals surface area contributed by atoms with E-state index in [1.54, 1.807) is 11.1 Å². The van der Waals surface area contributed by atoms with Crippen molar-refractivity contribution >= 4 is 56.0 Å². The van der Waals surface area contributed by atoms with Gasteiger partial charge in [0.2, 0.25) is 0 Å². The van der Waals surface area contributed by atoms with Gasteiger partial charge in [-0.2, -0.15) is 0 Å². The molecule has 1 aromatic carbocycles. The Bertz CT molecular complexity index is 1800. The molecule has 0 radical (unpaired) electrons. The largest absolute Gasteiger partial charge is 0.457 e. The number of carbonyl (C=O) groups is 1. The molecule has 0 aliphatic carbocycles. The molecule has 1 aliphatic heterocycles. The lowest BCUT2D eigenvalue weighted by molar-refractivity contribution is 0.0632. The smallest absolute Gasteiger partial charge is 0.410 e. The molecule has 0 unspecified atom stereocenters. The van der Waals surface area contributed by atoms with Gasteiger partial charge in [-0.25, -0.2) is 24.7 Å². The van der Waals surface area contributed by atoms with E-state index in [0.29, 0.717) is 54.7 Å². The van der Waals surface area contributed by atoms with Crippen LogP contribution in [-0.4, -0.2) is 79.3 Å². The quantitative estimate of drug-likeness (QED) is 0.190. The van der Waals surface area contributed by atoms with Crippen molar-refractivity contribution in [2.45, 2.75) is 32.7 Å². The van der Waals surface area contributed by atoms with Crippen LogP contribution in [0.5, 0.6) is 11.5 Å². The Morgan fingerprint density at radius 3 is 2.84 bits per heavy atom. The molecule has 44 heavy (non-hydrogen) atoms. The standard InChI is InChI=1S/C31H33BrN8O4/c1-3-4-13-43-31(42)40-12-11-39(17-22(40)18-41)30-24(32)16-25-28(37-30)29(35-19-34-25)36-21-5-6-26(20(2)14-21)44-23-7-9-38-10-8-33-27(38)15-23/h5-10,14-16,19,22,41H,3-4,11-13,17-18H2,1-2H3,(H,34,35,36)/t22-/m0/s1. The second-order valence-electron chi connectivity index (χ2n) is 10.6. The number of rotatable bonds is 9. The number of piperazine rings is 1. The zero-order valence-electron chi connectivity index (χ0n) is 24.5. The van der Waals surface area contributed by atoms with E-state index in [4.69, 9.17) is 14.5 Å². The number of unbranched alkanes of at least 4 members (excludes halogenated alkanes) is 1. The minimum Gasteiger partial charge on any atom is -0.457 e. The molecule has 13 heteroatoms. The molecule has 228 valence electrons. The van der Waals surface area contributed by atoms with Crippen LogP contribution in [0.15, 0.2) is 65.8 Å². The maximum atomic E-state index is 12.6. The fraction of sp³-hybridized carbons (Fsp3) is 0.323. The van der Waals surface area contributed by atoms with Gasteiger partial charge in [-0.3, -0.25) is 4.90 Å². The number of aromatic nitrogens is 5. The van der Waals surface area contributed by atoms with Crippen molar-refractivity contribution in [3.8, 4) is 11.5 Å². The van der Waals surface area contributed by atoms with Crippen molar-refractivity contribution in [1.29, 1.82) is 0 Å². The minimum absolute atomic E-state index is 0.183. The SMILES string of the molecule is CCCCOC(=O)N1CCN(c2nc3c(Nc4ccc(Oc5ccn6ccnc6c5)c(C)c4)ncnc3cc2Br)C[C@H]1CO. The summed E-state index contributed by atoms with van der Waals surface area (Å²) >= 11 is 3.66. The van der Waals surface area contributed by atoms with E-state index in [0.717, 1.165) is 40.0 Å². The lowest BCUT2D eigenvalue weighted by Crippen LogP contribution is -2.57. The summed E-state index contributed by atoms with van der Waals surface area (Å²) in [6, 6.07) is 11.1. The van der Waals surface area contributed by atoms with Crippen molar-refractivity contribution in [1.82, 2.24) is 29.2 Å². The lowest BCUT2D eigenvalue weighted by atomic mass is 10.2. The summed E-state index contributed by atoms with van der Waals surface area (Å²) in [5.74, 6) is 2.67. The molecular weight excluding hydrogens is 628 g/mol. The number of benzene rings is 1. The van der Waals surface area contributed by atoms with Gasteiger partial charge in [-0.05, 0) is 65.2 Å². The third-order valence-corrected chi connectivity index (χ3v) is 8.11. The molecule has 0 saturated carbocycles. The molecule has 1 saturated heterocycles. The third-order valence-electron chi connectivity index (χ3n) is 7.53. The molecule has 1 fully saturated rings. The van der Waals surface area contributed by atoms with Crippen LogP contribution in [-0.2, 0) is 4.74 Å². The summed E-state index contributed by atoms with van der Waals surface area (Å²) in [6.45, 7) is 5.55. The van der Waals surface area contributed by atoms with E-state index >= 15 is 0 Å². The number of amides is 1. The first-order chi connectivity index (χ1) is 21.4. The van der Waals surface area contributed by atoms with Gasteiger partial charge in [-0.15, -0.1) is 0 Å².